The summed E-state index contributed by atoms with van der Waals surface area (Å²) in [5.41, 5.74) is 0. The summed E-state index contributed by atoms with van der Waals surface area (Å²) < 4.78 is 5.92. The summed E-state index contributed by atoms with van der Waals surface area (Å²) >= 11 is 0. The predicted octanol–water partition coefficient (Wildman–Crippen LogP) is 6.64. The van der Waals surface area contributed by atoms with E-state index in [2.05, 4.69) is 6.92 Å². The Morgan fingerprint density at radius 3 is 1.33 bits per heavy atom. The van der Waals surface area contributed by atoms with Gasteiger partial charge in [0.2, 0.25) is 0 Å². The molecule has 0 atom stereocenters. The molecule has 0 heterocycles. The number of benzene rings is 2. The van der Waals surface area contributed by atoms with E-state index < -0.39 is 7.28 Å². The molecule has 2 aromatic rings. The van der Waals surface area contributed by atoms with Gasteiger partial charge >= 0.3 is 164 Å². The van der Waals surface area contributed by atoms with Crippen LogP contribution in [-0.2, 0) is 4.52 Å². The molecule has 30 heavy (non-hydrogen) atoms. The summed E-state index contributed by atoms with van der Waals surface area (Å²) in [7, 11) is -4.60. The number of hydrogen-bond acceptors (Lipinski definition) is 3. The van der Waals surface area contributed by atoms with Crippen molar-refractivity contribution in [1.29, 1.82) is 0 Å². The van der Waals surface area contributed by atoms with Gasteiger partial charge in [-0.3, -0.25) is 0 Å². The molecular formula is C26H41O3P. The van der Waals surface area contributed by atoms with Gasteiger partial charge in [-0.2, -0.15) is 0 Å². The van der Waals surface area contributed by atoms with Gasteiger partial charge in [-0.1, -0.05) is 19.8 Å². The van der Waals surface area contributed by atoms with E-state index in [1.807, 2.05) is 36.4 Å². The zero-order valence-electron chi connectivity index (χ0n) is 18.7. The quantitative estimate of drug-likeness (QED) is 0.231. The van der Waals surface area contributed by atoms with Crippen LogP contribution in [0.3, 0.4) is 0 Å². The second-order valence-corrected chi connectivity index (χ2v) is 11.5. The third-order valence-corrected chi connectivity index (χ3v) is 8.91. The minimum absolute atomic E-state index is 0.353. The van der Waals surface area contributed by atoms with Crippen molar-refractivity contribution in [2.24, 2.45) is 0 Å². The molecule has 0 saturated heterocycles. The summed E-state index contributed by atoms with van der Waals surface area (Å²) in [5.74, 6) is 0. The van der Waals surface area contributed by atoms with Gasteiger partial charge in [0.1, 0.15) is 0 Å². The molecule has 0 saturated carbocycles. The van der Waals surface area contributed by atoms with Crippen LogP contribution < -0.4 is 10.6 Å². The summed E-state index contributed by atoms with van der Waals surface area (Å²) in [6, 6.07) is 18.0. The summed E-state index contributed by atoms with van der Waals surface area (Å²) in [6.07, 6.45) is 15.2. The van der Waals surface area contributed by atoms with Gasteiger partial charge < -0.3 is 0 Å². The Bertz CT molecular complexity index is 644. The molecular weight excluding hydrogens is 391 g/mol. The van der Waals surface area contributed by atoms with E-state index in [4.69, 9.17) is 4.52 Å². The molecule has 2 N–H and O–H groups in total. The van der Waals surface area contributed by atoms with Gasteiger partial charge in [0.05, 0.1) is 0 Å². The van der Waals surface area contributed by atoms with Crippen LogP contribution in [-0.4, -0.2) is 16.4 Å². The van der Waals surface area contributed by atoms with Crippen molar-refractivity contribution in [3.05, 3.63) is 60.7 Å². The van der Waals surface area contributed by atoms with Gasteiger partial charge in [-0.05, 0) is 0 Å². The van der Waals surface area contributed by atoms with Gasteiger partial charge in [0.15, 0.2) is 0 Å². The Hall–Kier alpha value is -1.25. The third-order valence-electron chi connectivity index (χ3n) is 5.78. The summed E-state index contributed by atoms with van der Waals surface area (Å²) in [6.45, 7) is 2.61. The fraction of sp³-hybridized carbons (Fsp3) is 0.538. The first-order valence-electron chi connectivity index (χ1n) is 11.8. The molecule has 0 aliphatic rings. The van der Waals surface area contributed by atoms with E-state index in [-0.39, 0.29) is 0 Å². The molecule has 0 aliphatic carbocycles. The van der Waals surface area contributed by atoms with E-state index in [0.717, 1.165) is 12.8 Å². The fourth-order valence-corrected chi connectivity index (χ4v) is 6.36. The predicted molar refractivity (Wildman–Crippen MR) is 131 cm³/mol. The Labute approximate surface area is 183 Å². The normalized spacial score (nSPS) is 13.1. The second-order valence-electron chi connectivity index (χ2n) is 8.34. The third kappa shape index (κ3) is 7.78. The monoisotopic (exact) mass is 432 g/mol. The fourth-order valence-electron chi connectivity index (χ4n) is 3.87. The number of hydrogen-bond donors (Lipinski definition) is 2. The van der Waals surface area contributed by atoms with Crippen molar-refractivity contribution in [1.82, 2.24) is 0 Å². The molecule has 2 aromatic carbocycles. The van der Waals surface area contributed by atoms with Crippen LogP contribution in [0.1, 0.15) is 84.0 Å². The average Bonchev–Trinajstić information content (AvgIpc) is 2.78. The van der Waals surface area contributed by atoms with Crippen LogP contribution in [0.4, 0.5) is 0 Å². The molecule has 4 heteroatoms. The molecule has 168 valence electrons. The Morgan fingerprint density at radius 2 is 0.933 bits per heavy atom. The second kappa shape index (κ2) is 13.2. The van der Waals surface area contributed by atoms with Crippen molar-refractivity contribution >= 4 is 17.9 Å². The molecule has 0 radical (unpaired) electrons. The molecule has 2 rings (SSSR count). The summed E-state index contributed by atoms with van der Waals surface area (Å²) in [5, 5.41) is 0.905. The van der Waals surface area contributed by atoms with E-state index in [9.17, 15) is 9.79 Å². The topological polar surface area (TPSA) is 49.7 Å². The Morgan fingerprint density at radius 1 is 0.567 bits per heavy atom. The van der Waals surface area contributed by atoms with Crippen LogP contribution in [0.15, 0.2) is 60.7 Å². The van der Waals surface area contributed by atoms with Crippen LogP contribution in [0, 0.1) is 0 Å². The van der Waals surface area contributed by atoms with Crippen molar-refractivity contribution in [3.8, 4) is 0 Å². The average molecular weight is 433 g/mol. The maximum absolute atomic E-state index is 11.5. The maximum atomic E-state index is 11.5. The first kappa shape index (κ1) is 25.0. The molecule has 0 unspecified atom stereocenters. The SMILES string of the molecule is CCCCCCCCCCCCCCOP(O)(O)(c1ccccc1)c1ccccc1. The van der Waals surface area contributed by atoms with Crippen LogP contribution >= 0.6 is 7.28 Å². The minimum atomic E-state index is -4.60. The zero-order chi connectivity index (χ0) is 21.6. The van der Waals surface area contributed by atoms with E-state index in [1.165, 1.54) is 64.2 Å². The van der Waals surface area contributed by atoms with Crippen molar-refractivity contribution in [3.63, 3.8) is 0 Å². The standard InChI is InChI=1S/C26H41O3P/c1-2-3-4-5-6-7-8-9-10-11-12-19-24-29-30(27,28,25-20-15-13-16-21-25)26-22-17-14-18-23-26/h13-18,20-23,27-28H,2-12,19,24H2,1H3. The molecule has 0 fully saturated rings. The van der Waals surface area contributed by atoms with Crippen LogP contribution in [0.25, 0.3) is 0 Å². The molecule has 0 amide bonds. The van der Waals surface area contributed by atoms with Crippen molar-refractivity contribution in [2.75, 3.05) is 6.61 Å². The van der Waals surface area contributed by atoms with E-state index >= 15 is 0 Å². The molecule has 3 nitrogen and oxygen atoms in total. The number of unbranched alkanes of at least 4 members (excludes halogenated alkanes) is 11. The molecule has 0 aliphatic heterocycles. The van der Waals surface area contributed by atoms with E-state index in [1.54, 1.807) is 24.3 Å². The zero-order valence-corrected chi connectivity index (χ0v) is 19.6. The summed E-state index contributed by atoms with van der Waals surface area (Å²) in [4.78, 5) is 22.9. The first-order chi connectivity index (χ1) is 14.6. The number of rotatable bonds is 16. The van der Waals surface area contributed by atoms with Crippen LogP contribution in [0.2, 0.25) is 0 Å². The molecule has 0 bridgehead atoms. The first-order valence-corrected chi connectivity index (χ1v) is 13.9. The van der Waals surface area contributed by atoms with Gasteiger partial charge in [0.25, 0.3) is 0 Å². The van der Waals surface area contributed by atoms with Gasteiger partial charge in [-0.15, -0.1) is 0 Å². The molecule has 0 aromatic heterocycles. The Kier molecular flexibility index (Phi) is 11.0. The molecule has 0 spiro atoms. The Balaban J connectivity index is 1.71. The van der Waals surface area contributed by atoms with Crippen molar-refractivity contribution < 1.29 is 14.3 Å². The van der Waals surface area contributed by atoms with Crippen molar-refractivity contribution in [2.45, 2.75) is 84.0 Å². The van der Waals surface area contributed by atoms with E-state index in [0.29, 0.717) is 17.2 Å². The van der Waals surface area contributed by atoms with Gasteiger partial charge in [0, 0.05) is 0 Å². The van der Waals surface area contributed by atoms with Crippen LogP contribution in [0.5, 0.6) is 0 Å². The van der Waals surface area contributed by atoms with Gasteiger partial charge in [-0.25, -0.2) is 0 Å².